The van der Waals surface area contributed by atoms with Crippen molar-refractivity contribution < 1.29 is 27.5 Å². The van der Waals surface area contributed by atoms with Gasteiger partial charge in [0, 0.05) is 5.56 Å². The first kappa shape index (κ1) is 20.6. The number of carbonyl (C=O) groups is 1. The number of benzene rings is 2. The first-order chi connectivity index (χ1) is 12.0. The van der Waals surface area contributed by atoms with Gasteiger partial charge in [0.15, 0.2) is 0 Å². The van der Waals surface area contributed by atoms with Crippen LogP contribution in [0, 0.1) is 0 Å². The molecule has 0 saturated carbocycles. The van der Waals surface area contributed by atoms with Gasteiger partial charge in [0.2, 0.25) is 0 Å². The molecule has 0 spiro atoms. The van der Waals surface area contributed by atoms with Crippen LogP contribution >= 0.6 is 34.8 Å². The molecular weight excluding hydrogens is 419 g/mol. The molecule has 1 unspecified atom stereocenters. The Labute approximate surface area is 160 Å². The van der Waals surface area contributed by atoms with Crippen LogP contribution in [0.5, 0.6) is 0 Å². The van der Waals surface area contributed by atoms with E-state index < -0.39 is 23.9 Å². The van der Waals surface area contributed by atoms with Crippen molar-refractivity contribution >= 4 is 46.6 Å². The van der Waals surface area contributed by atoms with Gasteiger partial charge in [-0.1, -0.05) is 46.9 Å². The summed E-state index contributed by atoms with van der Waals surface area (Å²) in [6.07, 6.45) is -4.45. The third kappa shape index (κ3) is 4.69. The first-order valence-electron chi connectivity index (χ1n) is 6.93. The molecule has 2 nitrogen and oxygen atoms in total. The van der Waals surface area contributed by atoms with Crippen LogP contribution in [0.2, 0.25) is 15.1 Å². The zero-order valence-corrected chi connectivity index (χ0v) is 14.9. The number of carboxylic acid groups (broad SMARTS) is 1. The molecule has 0 aliphatic carbocycles. The van der Waals surface area contributed by atoms with Gasteiger partial charge in [-0.3, -0.25) is 0 Å². The molecule has 2 aromatic carbocycles. The summed E-state index contributed by atoms with van der Waals surface area (Å²) >= 11 is 17.2. The Morgan fingerprint density at radius 3 is 1.88 bits per heavy atom. The van der Waals surface area contributed by atoms with E-state index in [9.17, 15) is 22.4 Å². The van der Waals surface area contributed by atoms with Crippen LogP contribution in [0.4, 0.5) is 17.6 Å². The minimum atomic E-state index is -4.82. The topological polar surface area (TPSA) is 37.3 Å². The summed E-state index contributed by atoms with van der Waals surface area (Å²) in [7, 11) is 0. The van der Waals surface area contributed by atoms with Crippen molar-refractivity contribution in [3.63, 3.8) is 0 Å². The van der Waals surface area contributed by atoms with E-state index in [0.29, 0.717) is 6.08 Å². The highest BCUT2D eigenvalue weighted by Crippen LogP contribution is 2.42. The Hall–Kier alpha value is -1.76. The lowest BCUT2D eigenvalue weighted by Gasteiger charge is -2.19. The van der Waals surface area contributed by atoms with Gasteiger partial charge >= 0.3 is 12.1 Å². The fraction of sp³-hybridized carbons (Fsp3) is 0.118. The summed E-state index contributed by atoms with van der Waals surface area (Å²) in [5.41, 5.74) is -0.699. The zero-order chi connectivity index (χ0) is 19.6. The number of rotatable bonds is 4. The molecule has 138 valence electrons. The van der Waals surface area contributed by atoms with Gasteiger partial charge in [-0.15, -0.1) is 0 Å². The number of allylic oxidation sites excluding steroid dienone is 1. The van der Waals surface area contributed by atoms with Crippen molar-refractivity contribution in [2.75, 3.05) is 0 Å². The summed E-state index contributed by atoms with van der Waals surface area (Å²) in [6, 6.07) is 6.25. The normalized spacial score (nSPS) is 13.6. The van der Waals surface area contributed by atoms with Crippen molar-refractivity contribution in [2.24, 2.45) is 0 Å². The average molecular weight is 428 g/mol. The van der Waals surface area contributed by atoms with E-state index >= 15 is 0 Å². The molecule has 2 rings (SSSR count). The van der Waals surface area contributed by atoms with Gasteiger partial charge in [0.05, 0.1) is 20.6 Å². The standard InChI is InChI=1S/C17H9Cl3F4O2/c18-12-5-10(6-13(19)15(12)20)11(17(22,23)24)7-14(21)8-1-3-9(4-2-8)16(25)26/h1-7,11H,(H,25,26). The highest BCUT2D eigenvalue weighted by Gasteiger charge is 2.40. The van der Waals surface area contributed by atoms with Crippen LogP contribution in [0.1, 0.15) is 27.4 Å². The molecule has 0 aliphatic heterocycles. The van der Waals surface area contributed by atoms with Gasteiger partial charge in [0.25, 0.3) is 0 Å². The second kappa shape index (κ2) is 7.86. The Bertz CT molecular complexity index is 838. The minimum Gasteiger partial charge on any atom is -0.478 e. The van der Waals surface area contributed by atoms with Crippen LogP contribution in [0.25, 0.3) is 5.83 Å². The smallest absolute Gasteiger partial charge is 0.399 e. The number of hydrogen-bond donors (Lipinski definition) is 1. The number of carboxylic acids is 1. The van der Waals surface area contributed by atoms with E-state index in [4.69, 9.17) is 39.9 Å². The molecule has 26 heavy (non-hydrogen) atoms. The molecular formula is C17H9Cl3F4O2. The average Bonchev–Trinajstić information content (AvgIpc) is 2.56. The summed E-state index contributed by atoms with van der Waals surface area (Å²) in [5, 5.41) is 8.31. The number of alkyl halides is 3. The third-order valence-electron chi connectivity index (χ3n) is 3.44. The lowest BCUT2D eigenvalue weighted by molar-refractivity contribution is -0.139. The lowest BCUT2D eigenvalue weighted by Crippen LogP contribution is -2.19. The van der Waals surface area contributed by atoms with Gasteiger partial charge in [-0.25, -0.2) is 9.18 Å². The maximum absolute atomic E-state index is 14.3. The Morgan fingerprint density at radius 1 is 1.00 bits per heavy atom. The molecule has 0 amide bonds. The van der Waals surface area contributed by atoms with Crippen LogP contribution in [0.15, 0.2) is 42.5 Å². The highest BCUT2D eigenvalue weighted by atomic mass is 35.5. The molecule has 1 atom stereocenters. The Morgan fingerprint density at radius 2 is 1.46 bits per heavy atom. The SMILES string of the molecule is O=C(O)c1ccc(C(F)=CC(c2cc(Cl)c(Cl)c(Cl)c2)C(F)(F)F)cc1. The number of aromatic carboxylic acids is 1. The highest BCUT2D eigenvalue weighted by molar-refractivity contribution is 6.48. The molecule has 0 aromatic heterocycles. The van der Waals surface area contributed by atoms with Crippen molar-refractivity contribution in [3.8, 4) is 0 Å². The van der Waals surface area contributed by atoms with Crippen LogP contribution in [0.3, 0.4) is 0 Å². The second-order valence-corrected chi connectivity index (χ2v) is 6.41. The van der Waals surface area contributed by atoms with Crippen LogP contribution in [-0.2, 0) is 0 Å². The predicted molar refractivity (Wildman–Crippen MR) is 92.8 cm³/mol. The molecule has 0 saturated heterocycles. The van der Waals surface area contributed by atoms with Gasteiger partial charge in [0.1, 0.15) is 11.7 Å². The number of halogens is 7. The maximum atomic E-state index is 14.3. The predicted octanol–water partition coefficient (Wildman–Crippen LogP) is 7.00. The van der Waals surface area contributed by atoms with Crippen molar-refractivity contribution in [1.29, 1.82) is 0 Å². The van der Waals surface area contributed by atoms with Gasteiger partial charge in [-0.2, -0.15) is 13.2 Å². The molecule has 1 N–H and O–H groups in total. The fourth-order valence-corrected chi connectivity index (χ4v) is 2.76. The van der Waals surface area contributed by atoms with E-state index in [1.54, 1.807) is 0 Å². The maximum Gasteiger partial charge on any atom is 0.399 e. The molecule has 0 fully saturated rings. The Kier molecular flexibility index (Phi) is 6.21. The summed E-state index contributed by atoms with van der Waals surface area (Å²) in [6.45, 7) is 0. The summed E-state index contributed by atoms with van der Waals surface area (Å²) in [4.78, 5) is 10.8. The van der Waals surface area contributed by atoms with E-state index in [2.05, 4.69) is 0 Å². The van der Waals surface area contributed by atoms with Gasteiger partial charge < -0.3 is 5.11 Å². The summed E-state index contributed by atoms with van der Waals surface area (Å²) < 4.78 is 54.6. The minimum absolute atomic E-state index is 0.105. The summed E-state index contributed by atoms with van der Waals surface area (Å²) in [5.74, 6) is -4.74. The van der Waals surface area contributed by atoms with E-state index in [-0.39, 0.29) is 31.8 Å². The molecule has 0 heterocycles. The first-order valence-corrected chi connectivity index (χ1v) is 8.06. The largest absolute Gasteiger partial charge is 0.478 e. The van der Waals surface area contributed by atoms with Crippen LogP contribution in [-0.4, -0.2) is 17.3 Å². The lowest BCUT2D eigenvalue weighted by atomic mass is 9.96. The van der Waals surface area contributed by atoms with Crippen molar-refractivity contribution in [2.45, 2.75) is 12.1 Å². The monoisotopic (exact) mass is 426 g/mol. The third-order valence-corrected chi connectivity index (χ3v) is 4.64. The van der Waals surface area contributed by atoms with E-state index in [0.717, 1.165) is 36.4 Å². The molecule has 9 heteroatoms. The Balaban J connectivity index is 2.48. The van der Waals surface area contributed by atoms with Gasteiger partial charge in [-0.05, 0) is 35.9 Å². The fourth-order valence-electron chi connectivity index (χ4n) is 2.15. The van der Waals surface area contributed by atoms with Crippen LogP contribution < -0.4 is 0 Å². The molecule has 2 aromatic rings. The van der Waals surface area contributed by atoms with E-state index in [1.807, 2.05) is 0 Å². The molecule has 0 aliphatic rings. The second-order valence-electron chi connectivity index (χ2n) is 5.21. The molecule has 0 bridgehead atoms. The van der Waals surface area contributed by atoms with Crippen molar-refractivity contribution in [1.82, 2.24) is 0 Å². The molecule has 0 radical (unpaired) electrons. The zero-order valence-electron chi connectivity index (χ0n) is 12.6. The van der Waals surface area contributed by atoms with E-state index in [1.165, 1.54) is 0 Å². The quantitative estimate of drug-likeness (QED) is 0.421. The number of hydrogen-bond acceptors (Lipinski definition) is 1. The van der Waals surface area contributed by atoms with Crippen molar-refractivity contribution in [3.05, 3.63) is 74.2 Å².